The predicted molar refractivity (Wildman–Crippen MR) is 109 cm³/mol. The summed E-state index contributed by atoms with van der Waals surface area (Å²) in [6.07, 6.45) is 12.1. The Bertz CT molecular complexity index is 406. The second-order valence-electron chi connectivity index (χ2n) is 6.43. The molecule has 1 aromatic carbocycles. The van der Waals surface area contributed by atoms with Gasteiger partial charge in [-0.15, -0.1) is 12.8 Å². The van der Waals surface area contributed by atoms with E-state index >= 15 is 0 Å². The maximum atomic E-state index is 7.00. The van der Waals surface area contributed by atoms with Crippen LogP contribution in [0.25, 0.3) is 0 Å². The minimum Gasteiger partial charge on any atom is -0.400 e. The van der Waals surface area contributed by atoms with E-state index in [0.29, 0.717) is 0 Å². The van der Waals surface area contributed by atoms with Crippen LogP contribution in [0.5, 0.6) is 0 Å². The normalized spacial score (nSPS) is 18.5. The van der Waals surface area contributed by atoms with Crippen LogP contribution in [0.1, 0.15) is 24.8 Å². The topological polar surface area (TPSA) is 30.0 Å². The van der Waals surface area contributed by atoms with E-state index in [0.717, 1.165) is 13.7 Å². The molecule has 0 saturated carbocycles. The van der Waals surface area contributed by atoms with Crippen LogP contribution in [0.4, 0.5) is 0 Å². The number of terminal acetylenes is 1. The van der Waals surface area contributed by atoms with Crippen LogP contribution in [0, 0.1) is 12.8 Å². The Labute approximate surface area is 155 Å². The maximum Gasteiger partial charge on any atom is 0.0319 e. The van der Waals surface area contributed by atoms with Crippen LogP contribution in [-0.4, -0.2) is 80.3 Å². The first-order valence-corrected chi connectivity index (χ1v) is 9.15. The van der Waals surface area contributed by atoms with E-state index in [1.54, 1.807) is 0 Å². The summed E-state index contributed by atoms with van der Waals surface area (Å²) in [7, 11) is 5.39. The lowest BCUT2D eigenvalue weighted by atomic mass is 10.2. The van der Waals surface area contributed by atoms with Gasteiger partial charge in [0.1, 0.15) is 0 Å². The molecule has 0 bridgehead atoms. The minimum atomic E-state index is 1.00. The van der Waals surface area contributed by atoms with Crippen LogP contribution in [0.3, 0.4) is 0 Å². The first kappa shape index (κ1) is 23.6. The van der Waals surface area contributed by atoms with Gasteiger partial charge in [0.2, 0.25) is 0 Å². The molecule has 0 radical (unpaired) electrons. The number of aliphatic hydroxyl groups is 1. The van der Waals surface area contributed by atoms with Gasteiger partial charge < -0.3 is 14.9 Å². The van der Waals surface area contributed by atoms with Gasteiger partial charge in [0.05, 0.1) is 0 Å². The van der Waals surface area contributed by atoms with Gasteiger partial charge in [-0.05, 0) is 65.1 Å². The van der Waals surface area contributed by atoms with Crippen molar-refractivity contribution in [3.63, 3.8) is 0 Å². The average molecular weight is 348 g/mol. The summed E-state index contributed by atoms with van der Waals surface area (Å²) in [4.78, 5) is 7.31. The third-order valence-electron chi connectivity index (χ3n) is 4.39. The molecule has 2 aliphatic rings. The summed E-state index contributed by atoms with van der Waals surface area (Å²) in [5.41, 5.74) is 1.44. The lowest BCUT2D eigenvalue weighted by Gasteiger charge is -2.13. The molecule has 2 fully saturated rings. The number of benzene rings is 1. The van der Waals surface area contributed by atoms with E-state index in [1.165, 1.54) is 64.1 Å². The van der Waals surface area contributed by atoms with Crippen molar-refractivity contribution < 1.29 is 5.11 Å². The van der Waals surface area contributed by atoms with Crippen LogP contribution < -0.4 is 0 Å². The quantitative estimate of drug-likeness (QED) is 0.832. The molecule has 0 spiro atoms. The first-order chi connectivity index (χ1) is 12.2. The fourth-order valence-electron chi connectivity index (χ4n) is 2.96. The van der Waals surface area contributed by atoms with Crippen molar-refractivity contribution >= 4 is 0 Å². The number of likely N-dealkylation sites (N-methyl/N-ethyl adjacent to an activating group) is 2. The van der Waals surface area contributed by atoms with Crippen LogP contribution in [0.15, 0.2) is 30.3 Å². The summed E-state index contributed by atoms with van der Waals surface area (Å²) in [6, 6.07) is 10.7. The van der Waals surface area contributed by atoms with E-state index in [4.69, 9.17) is 5.11 Å². The highest BCUT2D eigenvalue weighted by molar-refractivity contribution is 5.14. The van der Waals surface area contributed by atoms with Crippen molar-refractivity contribution in [2.75, 3.05) is 60.5 Å². The van der Waals surface area contributed by atoms with E-state index in [-0.39, 0.29) is 0 Å². The van der Waals surface area contributed by atoms with E-state index in [1.807, 2.05) is 0 Å². The fourth-order valence-corrected chi connectivity index (χ4v) is 2.96. The largest absolute Gasteiger partial charge is 0.400 e. The summed E-state index contributed by atoms with van der Waals surface area (Å²) in [6.45, 7) is 8.71. The highest BCUT2D eigenvalue weighted by atomic mass is 16.2. The number of hydrogen-bond donors (Lipinski definition) is 1. The van der Waals surface area contributed by atoms with Gasteiger partial charge in [-0.3, -0.25) is 4.90 Å². The lowest BCUT2D eigenvalue weighted by Crippen LogP contribution is -2.25. The Kier molecular flexibility index (Phi) is 15.2. The Morgan fingerprint density at radius 1 is 0.760 bits per heavy atom. The molecule has 2 saturated heterocycles. The standard InChI is InChI=1S/C11H15N.C7H16N2.C2H2.CH4O/c1-2-6-11(7-3-1)10-12-8-4-5-9-12;1-8-4-3-5-9(2)7-6-8;2*1-2/h1-3,6-7H,4-5,8-10H2;3-7H2,1-2H3;1-2H;2H,1H3. The van der Waals surface area contributed by atoms with Gasteiger partial charge in [0.15, 0.2) is 0 Å². The van der Waals surface area contributed by atoms with Crippen molar-refractivity contribution in [2.45, 2.75) is 25.8 Å². The molecular weight excluding hydrogens is 310 g/mol. The molecule has 0 aliphatic carbocycles. The molecule has 2 heterocycles. The number of hydrogen-bond acceptors (Lipinski definition) is 4. The van der Waals surface area contributed by atoms with Gasteiger partial charge in [-0.2, -0.15) is 0 Å². The third kappa shape index (κ3) is 11.7. The van der Waals surface area contributed by atoms with E-state index < -0.39 is 0 Å². The Morgan fingerprint density at radius 2 is 1.24 bits per heavy atom. The van der Waals surface area contributed by atoms with Crippen LogP contribution in [0.2, 0.25) is 0 Å². The second kappa shape index (κ2) is 16.1. The smallest absolute Gasteiger partial charge is 0.0319 e. The van der Waals surface area contributed by atoms with Gasteiger partial charge >= 0.3 is 0 Å². The molecule has 1 aromatic rings. The average Bonchev–Trinajstić information content (AvgIpc) is 3.10. The molecular formula is C21H37N3O. The number of rotatable bonds is 2. The monoisotopic (exact) mass is 347 g/mol. The molecule has 2 aliphatic heterocycles. The highest BCUT2D eigenvalue weighted by Gasteiger charge is 2.10. The third-order valence-corrected chi connectivity index (χ3v) is 4.39. The maximum absolute atomic E-state index is 7.00. The zero-order valence-corrected chi connectivity index (χ0v) is 16.4. The molecule has 0 unspecified atom stereocenters. The molecule has 142 valence electrons. The van der Waals surface area contributed by atoms with Crippen molar-refractivity contribution in [2.24, 2.45) is 0 Å². The highest BCUT2D eigenvalue weighted by Crippen LogP contribution is 2.11. The van der Waals surface area contributed by atoms with Gasteiger partial charge in [0.25, 0.3) is 0 Å². The molecule has 25 heavy (non-hydrogen) atoms. The first-order valence-electron chi connectivity index (χ1n) is 9.15. The zero-order chi connectivity index (χ0) is 18.9. The molecule has 4 nitrogen and oxygen atoms in total. The molecule has 0 atom stereocenters. The molecule has 0 amide bonds. The fraction of sp³-hybridized carbons (Fsp3) is 0.619. The Balaban J connectivity index is 0.000000396. The Morgan fingerprint density at radius 3 is 1.72 bits per heavy atom. The van der Waals surface area contributed by atoms with Crippen molar-refractivity contribution in [1.29, 1.82) is 0 Å². The van der Waals surface area contributed by atoms with Crippen molar-refractivity contribution in [1.82, 2.24) is 14.7 Å². The van der Waals surface area contributed by atoms with E-state index in [2.05, 4.69) is 72.0 Å². The van der Waals surface area contributed by atoms with Crippen LogP contribution >= 0.6 is 0 Å². The Hall–Kier alpha value is -1.38. The number of likely N-dealkylation sites (tertiary alicyclic amines) is 1. The molecule has 1 N–H and O–H groups in total. The molecule has 3 rings (SSSR count). The van der Waals surface area contributed by atoms with Gasteiger partial charge in [0, 0.05) is 26.7 Å². The minimum absolute atomic E-state index is 1.00. The summed E-state index contributed by atoms with van der Waals surface area (Å²) in [5.74, 6) is 0. The van der Waals surface area contributed by atoms with Gasteiger partial charge in [-0.25, -0.2) is 0 Å². The summed E-state index contributed by atoms with van der Waals surface area (Å²) >= 11 is 0. The van der Waals surface area contributed by atoms with Gasteiger partial charge in [-0.1, -0.05) is 30.3 Å². The predicted octanol–water partition coefficient (Wildman–Crippen LogP) is 2.39. The zero-order valence-electron chi connectivity index (χ0n) is 16.4. The molecule has 0 aromatic heterocycles. The summed E-state index contributed by atoms with van der Waals surface area (Å²) < 4.78 is 0. The summed E-state index contributed by atoms with van der Waals surface area (Å²) in [5, 5.41) is 7.00. The number of nitrogens with zero attached hydrogens (tertiary/aromatic N) is 3. The number of aliphatic hydroxyl groups excluding tert-OH is 1. The lowest BCUT2D eigenvalue weighted by molar-refractivity contribution is 0.320. The second-order valence-corrected chi connectivity index (χ2v) is 6.43. The van der Waals surface area contributed by atoms with Crippen LogP contribution in [-0.2, 0) is 6.54 Å². The van der Waals surface area contributed by atoms with Crippen molar-refractivity contribution in [3.8, 4) is 12.8 Å². The molecule has 4 heteroatoms. The van der Waals surface area contributed by atoms with E-state index in [9.17, 15) is 0 Å². The van der Waals surface area contributed by atoms with Crippen molar-refractivity contribution in [3.05, 3.63) is 35.9 Å². The SMILES string of the molecule is C#C.CN1CCCN(C)CC1.CO.c1ccc(CN2CCCC2)cc1.